The molecule has 6 heteroatoms. The summed E-state index contributed by atoms with van der Waals surface area (Å²) in [5, 5.41) is 6.67. The first-order valence-corrected chi connectivity index (χ1v) is 11.1. The third-order valence-corrected chi connectivity index (χ3v) is 5.84. The van der Waals surface area contributed by atoms with E-state index in [-0.39, 0.29) is 17.7 Å². The minimum atomic E-state index is -0.150. The molecule has 5 nitrogen and oxygen atoms in total. The van der Waals surface area contributed by atoms with Crippen LogP contribution in [-0.2, 0) is 11.3 Å². The molecule has 1 atom stereocenters. The van der Waals surface area contributed by atoms with E-state index in [2.05, 4.69) is 22.5 Å². The Morgan fingerprint density at radius 1 is 1.13 bits per heavy atom. The number of anilines is 1. The highest BCUT2D eigenvalue weighted by molar-refractivity contribution is 6.31. The second-order valence-electron chi connectivity index (χ2n) is 7.81. The zero-order chi connectivity index (χ0) is 21.3. The van der Waals surface area contributed by atoms with Gasteiger partial charge in [0.15, 0.2) is 0 Å². The maximum Gasteiger partial charge on any atom is 0.253 e. The van der Waals surface area contributed by atoms with Crippen molar-refractivity contribution in [2.45, 2.75) is 39.2 Å². The summed E-state index contributed by atoms with van der Waals surface area (Å²) in [6.07, 6.45) is 3.76. The summed E-state index contributed by atoms with van der Waals surface area (Å²) < 4.78 is 0. The van der Waals surface area contributed by atoms with E-state index in [1.807, 2.05) is 36.4 Å². The van der Waals surface area contributed by atoms with Crippen LogP contribution in [0.1, 0.15) is 48.5 Å². The van der Waals surface area contributed by atoms with Crippen LogP contribution in [-0.4, -0.2) is 36.3 Å². The molecule has 1 heterocycles. The van der Waals surface area contributed by atoms with Gasteiger partial charge in [0.1, 0.15) is 0 Å². The summed E-state index contributed by atoms with van der Waals surface area (Å²) in [5.41, 5.74) is 2.15. The van der Waals surface area contributed by atoms with Crippen LogP contribution in [0.15, 0.2) is 48.5 Å². The minimum absolute atomic E-state index is 0.0346. The first-order chi connectivity index (χ1) is 14.6. The number of benzene rings is 2. The van der Waals surface area contributed by atoms with Gasteiger partial charge in [-0.05, 0) is 49.6 Å². The number of nitrogens with zero attached hydrogens (tertiary/aromatic N) is 1. The van der Waals surface area contributed by atoms with E-state index in [0.29, 0.717) is 24.3 Å². The van der Waals surface area contributed by atoms with Crippen LogP contribution in [0.25, 0.3) is 0 Å². The molecule has 0 saturated carbocycles. The van der Waals surface area contributed by atoms with Crippen molar-refractivity contribution in [3.63, 3.8) is 0 Å². The van der Waals surface area contributed by atoms with Crippen molar-refractivity contribution in [2.24, 2.45) is 5.92 Å². The lowest BCUT2D eigenvalue weighted by atomic mass is 9.96. The molecule has 2 aromatic rings. The van der Waals surface area contributed by atoms with E-state index in [0.717, 1.165) is 49.4 Å². The van der Waals surface area contributed by atoms with Crippen LogP contribution in [0.4, 0.5) is 5.69 Å². The highest BCUT2D eigenvalue weighted by atomic mass is 35.5. The van der Waals surface area contributed by atoms with Crippen LogP contribution in [0.5, 0.6) is 0 Å². The first kappa shape index (κ1) is 22.3. The summed E-state index contributed by atoms with van der Waals surface area (Å²) in [6.45, 7) is 5.09. The summed E-state index contributed by atoms with van der Waals surface area (Å²) in [5.74, 6) is -0.298. The quantitative estimate of drug-likeness (QED) is 0.599. The molecule has 2 N–H and O–H groups in total. The van der Waals surface area contributed by atoms with Gasteiger partial charge in [0.25, 0.3) is 5.91 Å². The number of likely N-dealkylation sites (tertiary alicyclic amines) is 1. The molecule has 160 valence electrons. The van der Waals surface area contributed by atoms with Crippen molar-refractivity contribution >= 4 is 29.1 Å². The largest absolute Gasteiger partial charge is 0.352 e. The van der Waals surface area contributed by atoms with Crippen LogP contribution in [0, 0.1) is 5.92 Å². The van der Waals surface area contributed by atoms with E-state index in [9.17, 15) is 9.59 Å². The van der Waals surface area contributed by atoms with Crippen LogP contribution >= 0.6 is 11.6 Å². The van der Waals surface area contributed by atoms with E-state index >= 15 is 0 Å². The van der Waals surface area contributed by atoms with Gasteiger partial charge in [-0.1, -0.05) is 55.3 Å². The predicted octanol–water partition coefficient (Wildman–Crippen LogP) is 4.72. The maximum absolute atomic E-state index is 13.0. The second-order valence-corrected chi connectivity index (χ2v) is 8.22. The molecule has 3 rings (SSSR count). The number of unbranched alkanes of at least 4 members (excludes halogenated alkanes) is 1. The van der Waals surface area contributed by atoms with Crippen LogP contribution < -0.4 is 10.6 Å². The number of rotatable bonds is 8. The number of para-hydroxylation sites is 1. The Bertz CT molecular complexity index is 871. The Labute approximate surface area is 183 Å². The van der Waals surface area contributed by atoms with E-state index < -0.39 is 0 Å². The van der Waals surface area contributed by atoms with Crippen molar-refractivity contribution in [1.29, 1.82) is 0 Å². The Morgan fingerprint density at radius 2 is 1.90 bits per heavy atom. The van der Waals surface area contributed by atoms with E-state index in [1.165, 1.54) is 0 Å². The summed E-state index contributed by atoms with van der Waals surface area (Å²) in [4.78, 5) is 27.8. The highest BCUT2D eigenvalue weighted by Crippen LogP contribution is 2.24. The molecule has 30 heavy (non-hydrogen) atoms. The lowest BCUT2D eigenvalue weighted by Gasteiger charge is -2.32. The number of amides is 2. The molecule has 2 aromatic carbocycles. The molecular formula is C24H30ClN3O2. The number of hydrogen-bond donors (Lipinski definition) is 2. The third-order valence-electron chi connectivity index (χ3n) is 5.47. The van der Waals surface area contributed by atoms with Gasteiger partial charge in [0.05, 0.1) is 17.2 Å². The van der Waals surface area contributed by atoms with Gasteiger partial charge < -0.3 is 10.6 Å². The number of carbonyl (C=O) groups excluding carboxylic acids is 2. The molecule has 0 aromatic heterocycles. The van der Waals surface area contributed by atoms with Crippen molar-refractivity contribution in [3.8, 4) is 0 Å². The Balaban J connectivity index is 1.62. The summed E-state index contributed by atoms with van der Waals surface area (Å²) >= 11 is 6.30. The summed E-state index contributed by atoms with van der Waals surface area (Å²) in [6, 6.07) is 15.0. The fourth-order valence-corrected chi connectivity index (χ4v) is 3.98. The lowest BCUT2D eigenvalue weighted by Crippen LogP contribution is -2.40. The third kappa shape index (κ3) is 6.07. The SMILES string of the molecule is CCCCNC(=O)c1ccccc1NC(=O)C1CCCN(Cc2ccccc2Cl)C1. The van der Waals surface area contributed by atoms with E-state index in [4.69, 9.17) is 11.6 Å². The molecule has 1 aliphatic rings. The molecular weight excluding hydrogens is 398 g/mol. The Hall–Kier alpha value is -2.37. The van der Waals surface area contributed by atoms with Gasteiger partial charge in [-0.25, -0.2) is 0 Å². The van der Waals surface area contributed by atoms with Crippen molar-refractivity contribution < 1.29 is 9.59 Å². The Morgan fingerprint density at radius 3 is 2.70 bits per heavy atom. The molecule has 1 saturated heterocycles. The zero-order valence-electron chi connectivity index (χ0n) is 17.5. The van der Waals surface area contributed by atoms with Gasteiger partial charge in [0.2, 0.25) is 5.91 Å². The molecule has 2 amide bonds. The number of hydrogen-bond acceptors (Lipinski definition) is 3. The molecule has 0 spiro atoms. The Kier molecular flexibility index (Phi) is 8.29. The monoisotopic (exact) mass is 427 g/mol. The van der Waals surface area contributed by atoms with Gasteiger partial charge in [-0.15, -0.1) is 0 Å². The number of halogens is 1. The fourth-order valence-electron chi connectivity index (χ4n) is 3.78. The molecule has 0 radical (unpaired) electrons. The molecule has 1 unspecified atom stereocenters. The zero-order valence-corrected chi connectivity index (χ0v) is 18.3. The van der Waals surface area contributed by atoms with E-state index in [1.54, 1.807) is 12.1 Å². The number of piperidine rings is 1. The maximum atomic E-state index is 13.0. The molecule has 0 bridgehead atoms. The van der Waals surface area contributed by atoms with Crippen molar-refractivity contribution in [1.82, 2.24) is 10.2 Å². The summed E-state index contributed by atoms with van der Waals surface area (Å²) in [7, 11) is 0. The molecule has 0 aliphatic carbocycles. The topological polar surface area (TPSA) is 61.4 Å². The van der Waals surface area contributed by atoms with Crippen molar-refractivity contribution in [2.75, 3.05) is 25.0 Å². The number of nitrogens with one attached hydrogen (secondary N) is 2. The minimum Gasteiger partial charge on any atom is -0.352 e. The van der Waals surface area contributed by atoms with Crippen LogP contribution in [0.2, 0.25) is 5.02 Å². The average Bonchev–Trinajstić information content (AvgIpc) is 2.76. The standard InChI is InChI=1S/C24H30ClN3O2/c1-2-3-14-26-24(30)20-11-5-7-13-22(20)27-23(29)19-10-8-15-28(17-19)16-18-9-4-6-12-21(18)25/h4-7,9,11-13,19H,2-3,8,10,14-17H2,1H3,(H,26,30)(H,27,29). The highest BCUT2D eigenvalue weighted by Gasteiger charge is 2.27. The van der Waals surface area contributed by atoms with Gasteiger partial charge in [0, 0.05) is 24.7 Å². The first-order valence-electron chi connectivity index (χ1n) is 10.7. The van der Waals surface area contributed by atoms with Gasteiger partial charge >= 0.3 is 0 Å². The fraction of sp³-hybridized carbons (Fsp3) is 0.417. The molecule has 1 aliphatic heterocycles. The lowest BCUT2D eigenvalue weighted by molar-refractivity contribution is -0.121. The smallest absolute Gasteiger partial charge is 0.253 e. The normalized spacial score (nSPS) is 16.8. The average molecular weight is 428 g/mol. The van der Waals surface area contributed by atoms with Crippen molar-refractivity contribution in [3.05, 3.63) is 64.7 Å². The predicted molar refractivity (Wildman–Crippen MR) is 122 cm³/mol. The second kappa shape index (κ2) is 11.1. The van der Waals surface area contributed by atoms with Gasteiger partial charge in [-0.3, -0.25) is 14.5 Å². The van der Waals surface area contributed by atoms with Crippen LogP contribution in [0.3, 0.4) is 0 Å². The van der Waals surface area contributed by atoms with Gasteiger partial charge in [-0.2, -0.15) is 0 Å². The molecule has 1 fully saturated rings. The number of carbonyl (C=O) groups is 2.